The van der Waals surface area contributed by atoms with Crippen molar-refractivity contribution in [1.82, 2.24) is 0 Å². The largest absolute Gasteiger partial charge is 0.372 e. The van der Waals surface area contributed by atoms with Crippen LogP contribution in [-0.4, -0.2) is 17.6 Å². The molecule has 116 valence electrons. The summed E-state index contributed by atoms with van der Waals surface area (Å²) >= 11 is 12.5. The standard InChI is InChI=1S/C18H24Cl2O/c19-13-14(16-6-2-3-7-17(16)20)12-15-8-11-18(21-15)9-4-1-5-10-18/h2-3,6-7,14-15H,1,4-5,8-13H2. The molecule has 2 unspecified atom stereocenters. The van der Waals surface area contributed by atoms with Gasteiger partial charge in [-0.1, -0.05) is 49.1 Å². The lowest BCUT2D eigenvalue weighted by Gasteiger charge is -2.33. The van der Waals surface area contributed by atoms with E-state index in [2.05, 4.69) is 6.07 Å². The topological polar surface area (TPSA) is 9.23 Å². The highest BCUT2D eigenvalue weighted by molar-refractivity contribution is 6.31. The Labute approximate surface area is 138 Å². The Kier molecular flexibility index (Phi) is 5.14. The normalized spacial score (nSPS) is 26.1. The molecule has 21 heavy (non-hydrogen) atoms. The van der Waals surface area contributed by atoms with Crippen LogP contribution in [0, 0.1) is 0 Å². The van der Waals surface area contributed by atoms with Gasteiger partial charge >= 0.3 is 0 Å². The first-order valence-electron chi connectivity index (χ1n) is 8.21. The van der Waals surface area contributed by atoms with Gasteiger partial charge in [0.25, 0.3) is 0 Å². The lowest BCUT2D eigenvalue weighted by molar-refractivity contribution is -0.0668. The zero-order valence-corrected chi connectivity index (χ0v) is 14.0. The van der Waals surface area contributed by atoms with E-state index in [0.717, 1.165) is 11.4 Å². The third-order valence-electron chi connectivity index (χ3n) is 5.18. The number of rotatable bonds is 4. The maximum absolute atomic E-state index is 6.48. The molecule has 1 nitrogen and oxygen atoms in total. The molecule has 2 aliphatic rings. The van der Waals surface area contributed by atoms with Crippen molar-refractivity contribution in [1.29, 1.82) is 0 Å². The summed E-state index contributed by atoms with van der Waals surface area (Å²) in [7, 11) is 0. The van der Waals surface area contributed by atoms with Crippen LogP contribution in [-0.2, 0) is 4.74 Å². The molecule has 1 spiro atoms. The summed E-state index contributed by atoms with van der Waals surface area (Å²) in [5.41, 5.74) is 1.36. The van der Waals surface area contributed by atoms with Crippen LogP contribution < -0.4 is 0 Å². The van der Waals surface area contributed by atoms with Crippen molar-refractivity contribution in [3.05, 3.63) is 34.9 Å². The highest BCUT2D eigenvalue weighted by Gasteiger charge is 2.41. The molecule has 0 radical (unpaired) electrons. The SMILES string of the molecule is ClCC(CC1CCC2(CCCCC2)O1)c1ccccc1Cl. The minimum absolute atomic E-state index is 0.195. The van der Waals surface area contributed by atoms with Gasteiger partial charge in [0, 0.05) is 16.8 Å². The predicted molar refractivity (Wildman–Crippen MR) is 89.5 cm³/mol. The van der Waals surface area contributed by atoms with E-state index < -0.39 is 0 Å². The molecule has 0 amide bonds. The fraction of sp³-hybridized carbons (Fsp3) is 0.667. The monoisotopic (exact) mass is 326 g/mol. The highest BCUT2D eigenvalue weighted by Crippen LogP contribution is 2.44. The molecule has 3 rings (SSSR count). The smallest absolute Gasteiger partial charge is 0.0687 e. The molecule has 2 atom stereocenters. The molecule has 1 saturated heterocycles. The van der Waals surface area contributed by atoms with Gasteiger partial charge in [-0.2, -0.15) is 0 Å². The van der Waals surface area contributed by atoms with Crippen molar-refractivity contribution in [3.63, 3.8) is 0 Å². The van der Waals surface area contributed by atoms with E-state index in [-0.39, 0.29) is 5.60 Å². The Bertz CT molecular complexity index is 468. The van der Waals surface area contributed by atoms with Crippen LogP contribution in [0.1, 0.15) is 62.8 Å². The summed E-state index contributed by atoms with van der Waals surface area (Å²) in [6.45, 7) is 0. The fourth-order valence-corrected chi connectivity index (χ4v) is 4.60. The minimum atomic E-state index is 0.195. The van der Waals surface area contributed by atoms with E-state index >= 15 is 0 Å². The number of benzene rings is 1. The number of ether oxygens (including phenoxy) is 1. The summed E-state index contributed by atoms with van der Waals surface area (Å²) in [5.74, 6) is 0.903. The maximum atomic E-state index is 6.48. The summed E-state index contributed by atoms with van der Waals surface area (Å²) < 4.78 is 6.48. The average Bonchev–Trinajstić information content (AvgIpc) is 2.89. The zero-order chi connectivity index (χ0) is 14.7. The first-order chi connectivity index (χ1) is 10.2. The lowest BCUT2D eigenvalue weighted by Crippen LogP contribution is -2.32. The number of hydrogen-bond donors (Lipinski definition) is 0. The van der Waals surface area contributed by atoms with Crippen LogP contribution in [0.4, 0.5) is 0 Å². The van der Waals surface area contributed by atoms with E-state index in [9.17, 15) is 0 Å². The predicted octanol–water partition coefficient (Wildman–Crippen LogP) is 5.93. The van der Waals surface area contributed by atoms with E-state index in [1.165, 1.54) is 50.5 Å². The van der Waals surface area contributed by atoms with Crippen LogP contribution >= 0.6 is 23.2 Å². The first kappa shape index (κ1) is 15.6. The molecule has 1 heterocycles. The van der Waals surface area contributed by atoms with E-state index in [1.54, 1.807) is 0 Å². The van der Waals surface area contributed by atoms with Gasteiger partial charge in [-0.15, -0.1) is 11.6 Å². The van der Waals surface area contributed by atoms with Crippen LogP contribution in [0.2, 0.25) is 5.02 Å². The summed E-state index contributed by atoms with van der Waals surface area (Å²) in [4.78, 5) is 0. The molecule has 3 heteroatoms. The first-order valence-corrected chi connectivity index (χ1v) is 9.12. The Morgan fingerprint density at radius 3 is 2.62 bits per heavy atom. The molecule has 1 aromatic carbocycles. The van der Waals surface area contributed by atoms with E-state index in [4.69, 9.17) is 27.9 Å². The summed E-state index contributed by atoms with van der Waals surface area (Å²) in [6.07, 6.45) is 10.3. The molecule has 0 aromatic heterocycles. The van der Waals surface area contributed by atoms with Crippen LogP contribution in [0.15, 0.2) is 24.3 Å². The van der Waals surface area contributed by atoms with Gasteiger partial charge in [-0.05, 0) is 43.7 Å². The quantitative estimate of drug-likeness (QED) is 0.622. The third-order valence-corrected chi connectivity index (χ3v) is 5.90. The number of halogens is 2. The molecular formula is C18H24Cl2O. The molecule has 2 fully saturated rings. The molecule has 1 aliphatic heterocycles. The fourth-order valence-electron chi connectivity index (χ4n) is 4.02. The van der Waals surface area contributed by atoms with Crippen molar-refractivity contribution in [3.8, 4) is 0 Å². The lowest BCUT2D eigenvalue weighted by atomic mass is 9.83. The maximum Gasteiger partial charge on any atom is 0.0687 e. The number of hydrogen-bond acceptors (Lipinski definition) is 1. The van der Waals surface area contributed by atoms with Gasteiger partial charge in [-0.3, -0.25) is 0 Å². The van der Waals surface area contributed by atoms with Crippen LogP contribution in [0.25, 0.3) is 0 Å². The van der Waals surface area contributed by atoms with Crippen molar-refractivity contribution in [2.45, 2.75) is 69.0 Å². The van der Waals surface area contributed by atoms with Crippen molar-refractivity contribution in [2.75, 3.05) is 5.88 Å². The van der Waals surface area contributed by atoms with Crippen molar-refractivity contribution < 1.29 is 4.74 Å². The van der Waals surface area contributed by atoms with Crippen LogP contribution in [0.3, 0.4) is 0 Å². The Morgan fingerprint density at radius 2 is 1.90 bits per heavy atom. The van der Waals surface area contributed by atoms with Gasteiger partial charge in [0.2, 0.25) is 0 Å². The van der Waals surface area contributed by atoms with Gasteiger partial charge in [-0.25, -0.2) is 0 Å². The minimum Gasteiger partial charge on any atom is -0.372 e. The van der Waals surface area contributed by atoms with E-state index in [0.29, 0.717) is 17.9 Å². The van der Waals surface area contributed by atoms with Gasteiger partial charge in [0.05, 0.1) is 11.7 Å². The Hall–Kier alpha value is -0.240. The van der Waals surface area contributed by atoms with E-state index in [1.807, 2.05) is 18.2 Å². The Balaban J connectivity index is 1.64. The molecule has 1 saturated carbocycles. The molecule has 1 aromatic rings. The molecular weight excluding hydrogens is 303 g/mol. The second-order valence-corrected chi connectivity index (χ2v) is 7.35. The van der Waals surface area contributed by atoms with Crippen LogP contribution in [0.5, 0.6) is 0 Å². The third kappa shape index (κ3) is 3.57. The highest BCUT2D eigenvalue weighted by atomic mass is 35.5. The average molecular weight is 327 g/mol. The molecule has 0 N–H and O–H groups in total. The van der Waals surface area contributed by atoms with Crippen molar-refractivity contribution in [2.24, 2.45) is 0 Å². The second-order valence-electron chi connectivity index (χ2n) is 6.63. The number of alkyl halides is 1. The van der Waals surface area contributed by atoms with Gasteiger partial charge in [0.15, 0.2) is 0 Å². The Morgan fingerprint density at radius 1 is 1.14 bits per heavy atom. The molecule has 0 bridgehead atoms. The molecule has 1 aliphatic carbocycles. The summed E-state index contributed by atoms with van der Waals surface area (Å²) in [5, 5.41) is 0.827. The zero-order valence-electron chi connectivity index (χ0n) is 12.5. The second kappa shape index (κ2) is 6.89. The van der Waals surface area contributed by atoms with Gasteiger partial charge in [0.1, 0.15) is 0 Å². The van der Waals surface area contributed by atoms with Crippen molar-refractivity contribution >= 4 is 23.2 Å². The van der Waals surface area contributed by atoms with Gasteiger partial charge < -0.3 is 4.74 Å². The summed E-state index contributed by atoms with van der Waals surface area (Å²) in [6, 6.07) is 8.06.